The molecule has 6 heteroatoms. The third kappa shape index (κ3) is 7.28. The SMILES string of the molecule is C=Cc1cc(OC(=O)CCC(=O)OCCOC)ccc1OC(C)C. The lowest BCUT2D eigenvalue weighted by atomic mass is 10.2. The van der Waals surface area contributed by atoms with Crippen molar-refractivity contribution < 1.29 is 28.5 Å². The number of carbonyl (C=O) groups excluding carboxylic acids is 2. The van der Waals surface area contributed by atoms with Gasteiger partial charge in [0.1, 0.15) is 18.1 Å². The summed E-state index contributed by atoms with van der Waals surface area (Å²) in [6, 6.07) is 5.03. The zero-order valence-electron chi connectivity index (χ0n) is 14.4. The van der Waals surface area contributed by atoms with E-state index in [1.165, 1.54) is 7.11 Å². The molecule has 0 unspecified atom stereocenters. The maximum absolute atomic E-state index is 11.8. The lowest BCUT2D eigenvalue weighted by Gasteiger charge is -2.13. The average Bonchev–Trinajstić information content (AvgIpc) is 2.54. The molecule has 0 aliphatic heterocycles. The van der Waals surface area contributed by atoms with Gasteiger partial charge in [0.25, 0.3) is 0 Å². The van der Waals surface area contributed by atoms with E-state index in [0.717, 1.165) is 5.56 Å². The maximum atomic E-state index is 11.8. The molecule has 0 fully saturated rings. The van der Waals surface area contributed by atoms with Gasteiger partial charge in [-0.1, -0.05) is 12.7 Å². The number of esters is 2. The number of carbonyl (C=O) groups is 2. The smallest absolute Gasteiger partial charge is 0.311 e. The summed E-state index contributed by atoms with van der Waals surface area (Å²) >= 11 is 0. The molecule has 0 bridgehead atoms. The van der Waals surface area contributed by atoms with E-state index in [2.05, 4.69) is 6.58 Å². The van der Waals surface area contributed by atoms with Crippen molar-refractivity contribution in [3.05, 3.63) is 30.3 Å². The van der Waals surface area contributed by atoms with Crippen molar-refractivity contribution in [3.63, 3.8) is 0 Å². The fraction of sp³-hybridized carbons (Fsp3) is 0.444. The molecule has 0 spiro atoms. The summed E-state index contributed by atoms with van der Waals surface area (Å²) < 4.78 is 20.5. The molecule has 0 saturated heterocycles. The van der Waals surface area contributed by atoms with Crippen LogP contribution in [0.15, 0.2) is 24.8 Å². The molecule has 0 aliphatic rings. The quantitative estimate of drug-likeness (QED) is 0.372. The highest BCUT2D eigenvalue weighted by atomic mass is 16.6. The number of hydrogen-bond acceptors (Lipinski definition) is 6. The van der Waals surface area contributed by atoms with Crippen molar-refractivity contribution in [3.8, 4) is 11.5 Å². The monoisotopic (exact) mass is 336 g/mol. The average molecular weight is 336 g/mol. The second-order valence-electron chi connectivity index (χ2n) is 5.26. The van der Waals surface area contributed by atoms with E-state index < -0.39 is 11.9 Å². The van der Waals surface area contributed by atoms with Crippen molar-refractivity contribution in [1.29, 1.82) is 0 Å². The minimum absolute atomic E-state index is 0.0289. The lowest BCUT2D eigenvalue weighted by molar-refractivity contribution is -0.147. The summed E-state index contributed by atoms with van der Waals surface area (Å²) in [5.41, 5.74) is 0.730. The van der Waals surface area contributed by atoms with Gasteiger partial charge in [-0.25, -0.2) is 0 Å². The first-order valence-electron chi connectivity index (χ1n) is 7.74. The van der Waals surface area contributed by atoms with Gasteiger partial charge in [-0.2, -0.15) is 0 Å². The number of methoxy groups -OCH3 is 1. The van der Waals surface area contributed by atoms with Crippen LogP contribution in [0, 0.1) is 0 Å². The third-order valence-electron chi connectivity index (χ3n) is 2.88. The van der Waals surface area contributed by atoms with E-state index in [-0.39, 0.29) is 25.6 Å². The van der Waals surface area contributed by atoms with Gasteiger partial charge in [0.2, 0.25) is 0 Å². The first-order valence-corrected chi connectivity index (χ1v) is 7.74. The Balaban J connectivity index is 2.52. The minimum atomic E-state index is -0.508. The summed E-state index contributed by atoms with van der Waals surface area (Å²) in [7, 11) is 1.51. The second-order valence-corrected chi connectivity index (χ2v) is 5.26. The lowest BCUT2D eigenvalue weighted by Crippen LogP contribution is -2.14. The second kappa shape index (κ2) is 10.4. The molecule has 0 atom stereocenters. The normalized spacial score (nSPS) is 10.3. The van der Waals surface area contributed by atoms with Crippen LogP contribution >= 0.6 is 0 Å². The highest BCUT2D eigenvalue weighted by molar-refractivity contribution is 5.79. The van der Waals surface area contributed by atoms with Gasteiger partial charge < -0.3 is 18.9 Å². The Bertz CT molecular complexity index is 565. The Morgan fingerprint density at radius 1 is 1.17 bits per heavy atom. The fourth-order valence-corrected chi connectivity index (χ4v) is 1.81. The Kier molecular flexibility index (Phi) is 8.57. The Morgan fingerprint density at radius 2 is 1.88 bits per heavy atom. The predicted octanol–water partition coefficient (Wildman–Crippen LogP) is 2.99. The number of hydrogen-bond donors (Lipinski definition) is 0. The fourth-order valence-electron chi connectivity index (χ4n) is 1.81. The molecule has 1 aromatic rings. The van der Waals surface area contributed by atoms with Gasteiger partial charge in [-0.15, -0.1) is 0 Å². The van der Waals surface area contributed by atoms with Gasteiger partial charge in [0.15, 0.2) is 0 Å². The molecular formula is C18H24O6. The largest absolute Gasteiger partial charge is 0.490 e. The molecule has 24 heavy (non-hydrogen) atoms. The molecule has 0 radical (unpaired) electrons. The molecule has 0 heterocycles. The zero-order chi connectivity index (χ0) is 17.9. The van der Waals surface area contributed by atoms with Crippen LogP contribution in [0.4, 0.5) is 0 Å². The van der Waals surface area contributed by atoms with Crippen LogP contribution < -0.4 is 9.47 Å². The van der Waals surface area contributed by atoms with Crippen LogP contribution in [0.5, 0.6) is 11.5 Å². The molecule has 0 saturated carbocycles. The molecule has 1 rings (SSSR count). The minimum Gasteiger partial charge on any atom is -0.490 e. The van der Waals surface area contributed by atoms with Crippen molar-refractivity contribution in [2.75, 3.05) is 20.3 Å². The van der Waals surface area contributed by atoms with Crippen molar-refractivity contribution >= 4 is 18.0 Å². The van der Waals surface area contributed by atoms with E-state index in [9.17, 15) is 9.59 Å². The summed E-state index contributed by atoms with van der Waals surface area (Å²) in [5, 5.41) is 0. The first-order chi connectivity index (χ1) is 11.5. The van der Waals surface area contributed by atoms with E-state index in [0.29, 0.717) is 18.1 Å². The van der Waals surface area contributed by atoms with Gasteiger partial charge in [0, 0.05) is 12.7 Å². The first kappa shape index (κ1) is 19.7. The summed E-state index contributed by atoms with van der Waals surface area (Å²) in [6.07, 6.45) is 1.56. The predicted molar refractivity (Wildman–Crippen MR) is 90.0 cm³/mol. The van der Waals surface area contributed by atoms with E-state index in [4.69, 9.17) is 18.9 Å². The van der Waals surface area contributed by atoms with Crippen molar-refractivity contribution in [2.24, 2.45) is 0 Å². The van der Waals surface area contributed by atoms with Crippen LogP contribution in [-0.4, -0.2) is 38.4 Å². The molecule has 0 aliphatic carbocycles. The summed E-state index contributed by atoms with van der Waals surface area (Å²) in [6.45, 7) is 8.06. The van der Waals surface area contributed by atoms with Gasteiger partial charge in [-0.05, 0) is 32.0 Å². The van der Waals surface area contributed by atoms with Crippen molar-refractivity contribution in [1.82, 2.24) is 0 Å². The van der Waals surface area contributed by atoms with Crippen LogP contribution in [0.3, 0.4) is 0 Å². The Morgan fingerprint density at radius 3 is 2.50 bits per heavy atom. The van der Waals surface area contributed by atoms with Gasteiger partial charge >= 0.3 is 11.9 Å². The number of rotatable bonds is 10. The van der Waals surface area contributed by atoms with Crippen LogP contribution in [0.25, 0.3) is 6.08 Å². The van der Waals surface area contributed by atoms with Crippen LogP contribution in [-0.2, 0) is 19.1 Å². The molecule has 0 amide bonds. The van der Waals surface area contributed by atoms with Crippen molar-refractivity contribution in [2.45, 2.75) is 32.8 Å². The topological polar surface area (TPSA) is 71.1 Å². The van der Waals surface area contributed by atoms with Gasteiger partial charge in [0.05, 0.1) is 25.6 Å². The Labute approximate surface area is 142 Å². The standard InChI is InChI=1S/C18H24O6/c1-5-14-12-15(6-7-16(14)23-13(2)3)24-18(20)9-8-17(19)22-11-10-21-4/h5-7,12-13H,1,8-11H2,2-4H3. The maximum Gasteiger partial charge on any atom is 0.311 e. The highest BCUT2D eigenvalue weighted by Gasteiger charge is 2.12. The Hall–Kier alpha value is -2.34. The van der Waals surface area contributed by atoms with E-state index in [1.807, 2.05) is 13.8 Å². The molecule has 1 aromatic carbocycles. The molecular weight excluding hydrogens is 312 g/mol. The molecule has 0 N–H and O–H groups in total. The van der Waals surface area contributed by atoms with Crippen LogP contribution in [0.1, 0.15) is 32.3 Å². The zero-order valence-corrected chi connectivity index (χ0v) is 14.4. The summed E-state index contributed by atoms with van der Waals surface area (Å²) in [4.78, 5) is 23.2. The third-order valence-corrected chi connectivity index (χ3v) is 2.88. The number of benzene rings is 1. The highest BCUT2D eigenvalue weighted by Crippen LogP contribution is 2.26. The number of ether oxygens (including phenoxy) is 4. The van der Waals surface area contributed by atoms with E-state index >= 15 is 0 Å². The molecule has 132 valence electrons. The van der Waals surface area contributed by atoms with Gasteiger partial charge in [-0.3, -0.25) is 9.59 Å². The molecule has 0 aromatic heterocycles. The van der Waals surface area contributed by atoms with Crippen LogP contribution in [0.2, 0.25) is 0 Å². The van der Waals surface area contributed by atoms with E-state index in [1.54, 1.807) is 24.3 Å². The summed E-state index contributed by atoms with van der Waals surface area (Å²) in [5.74, 6) is 0.0722. The molecule has 6 nitrogen and oxygen atoms in total.